The summed E-state index contributed by atoms with van der Waals surface area (Å²) in [4.78, 5) is 35.9. The Morgan fingerprint density at radius 3 is 2.47 bits per heavy atom. The van der Waals surface area contributed by atoms with Crippen molar-refractivity contribution in [1.29, 1.82) is 0 Å². The van der Waals surface area contributed by atoms with Gasteiger partial charge in [0.25, 0.3) is 11.7 Å². The van der Waals surface area contributed by atoms with E-state index < -0.39 is 23.7 Å². The molecule has 0 saturated heterocycles. The van der Waals surface area contributed by atoms with Crippen molar-refractivity contribution in [2.45, 2.75) is 19.9 Å². The van der Waals surface area contributed by atoms with Gasteiger partial charge in [-0.3, -0.25) is 14.4 Å². The molecule has 0 radical (unpaired) electrons. The molecule has 1 aliphatic heterocycles. The molecule has 0 spiro atoms. The van der Waals surface area contributed by atoms with E-state index in [4.69, 9.17) is 10.8 Å². The second-order valence-corrected chi connectivity index (χ2v) is 4.61. The van der Waals surface area contributed by atoms with Gasteiger partial charge in [0.15, 0.2) is 0 Å². The highest BCUT2D eigenvalue weighted by Gasteiger charge is 2.39. The molecule has 1 heterocycles. The standard InChI is InChI=1S/C13H14N2O4/c1-6-3-4-7(2)10-9(6)11(16)12(17)15(10)5-8(14)13(18)19/h3-4,8H,5,14H2,1-2H3,(H,18,19). The van der Waals surface area contributed by atoms with Gasteiger partial charge in [0.05, 0.1) is 17.8 Å². The summed E-state index contributed by atoms with van der Waals surface area (Å²) < 4.78 is 0. The summed E-state index contributed by atoms with van der Waals surface area (Å²) in [6, 6.07) is 2.34. The number of ketones is 1. The van der Waals surface area contributed by atoms with Gasteiger partial charge in [-0.1, -0.05) is 12.1 Å². The van der Waals surface area contributed by atoms with E-state index in [9.17, 15) is 14.4 Å². The lowest BCUT2D eigenvalue weighted by Crippen LogP contribution is -2.45. The Kier molecular flexibility index (Phi) is 3.11. The lowest BCUT2D eigenvalue weighted by atomic mass is 10.0. The second-order valence-electron chi connectivity index (χ2n) is 4.61. The molecule has 0 saturated carbocycles. The van der Waals surface area contributed by atoms with E-state index in [1.807, 2.05) is 0 Å². The number of hydrogen-bond donors (Lipinski definition) is 2. The van der Waals surface area contributed by atoms with Crippen molar-refractivity contribution in [2.75, 3.05) is 11.4 Å². The summed E-state index contributed by atoms with van der Waals surface area (Å²) in [6.07, 6.45) is 0. The maximum atomic E-state index is 12.0. The van der Waals surface area contributed by atoms with Gasteiger partial charge in [-0.25, -0.2) is 0 Å². The zero-order chi connectivity index (χ0) is 14.3. The van der Waals surface area contributed by atoms with E-state index in [2.05, 4.69) is 0 Å². The van der Waals surface area contributed by atoms with E-state index in [0.29, 0.717) is 16.8 Å². The summed E-state index contributed by atoms with van der Waals surface area (Å²) in [6.45, 7) is 3.30. The lowest BCUT2D eigenvalue weighted by Gasteiger charge is -2.20. The number of carboxylic acid groups (broad SMARTS) is 1. The minimum Gasteiger partial charge on any atom is -0.480 e. The molecule has 0 fully saturated rings. The number of aryl methyl sites for hydroxylation is 2. The first-order valence-electron chi connectivity index (χ1n) is 5.79. The SMILES string of the molecule is Cc1ccc(C)c2c1C(=O)C(=O)N2CC(N)C(=O)O. The summed E-state index contributed by atoms with van der Waals surface area (Å²) in [5, 5.41) is 8.82. The maximum absolute atomic E-state index is 12.0. The van der Waals surface area contributed by atoms with Gasteiger partial charge >= 0.3 is 5.97 Å². The van der Waals surface area contributed by atoms with Crippen molar-refractivity contribution in [1.82, 2.24) is 0 Å². The quantitative estimate of drug-likeness (QED) is 0.760. The van der Waals surface area contributed by atoms with E-state index in [1.54, 1.807) is 26.0 Å². The normalized spacial score (nSPS) is 15.6. The number of anilines is 1. The number of benzene rings is 1. The second kappa shape index (κ2) is 4.47. The molecule has 100 valence electrons. The highest BCUT2D eigenvalue weighted by Crippen LogP contribution is 2.34. The fourth-order valence-electron chi connectivity index (χ4n) is 2.21. The molecule has 19 heavy (non-hydrogen) atoms. The number of fused-ring (bicyclic) bond motifs is 1. The molecule has 0 aliphatic carbocycles. The highest BCUT2D eigenvalue weighted by molar-refractivity contribution is 6.52. The van der Waals surface area contributed by atoms with Gasteiger partial charge in [0, 0.05) is 0 Å². The number of carboxylic acids is 1. The number of rotatable bonds is 3. The summed E-state index contributed by atoms with van der Waals surface area (Å²) in [7, 11) is 0. The van der Waals surface area contributed by atoms with Gasteiger partial charge in [-0.05, 0) is 25.0 Å². The predicted octanol–water partition coefficient (Wildman–Crippen LogP) is 0.245. The Bertz CT molecular complexity index is 595. The van der Waals surface area contributed by atoms with Gasteiger partial charge in [0.2, 0.25) is 0 Å². The molecule has 1 unspecified atom stereocenters. The van der Waals surface area contributed by atoms with Crippen molar-refractivity contribution >= 4 is 23.3 Å². The van der Waals surface area contributed by atoms with Crippen LogP contribution in [0, 0.1) is 13.8 Å². The first-order valence-corrected chi connectivity index (χ1v) is 5.79. The molecule has 1 amide bonds. The molecule has 0 aromatic heterocycles. The Balaban J connectivity index is 2.50. The van der Waals surface area contributed by atoms with E-state index >= 15 is 0 Å². The Hall–Kier alpha value is -2.21. The first kappa shape index (κ1) is 13.2. The molecule has 6 nitrogen and oxygen atoms in total. The third kappa shape index (κ3) is 2.00. The molecule has 2 rings (SSSR count). The average molecular weight is 262 g/mol. The summed E-state index contributed by atoms with van der Waals surface area (Å²) >= 11 is 0. The van der Waals surface area contributed by atoms with E-state index in [1.165, 1.54) is 4.90 Å². The molecule has 1 aromatic carbocycles. The van der Waals surface area contributed by atoms with Gasteiger partial charge < -0.3 is 15.7 Å². The van der Waals surface area contributed by atoms with Crippen LogP contribution in [0.2, 0.25) is 0 Å². The Labute approximate surface area is 109 Å². The Morgan fingerprint density at radius 1 is 1.32 bits per heavy atom. The topological polar surface area (TPSA) is 101 Å². The molecule has 1 aliphatic rings. The Morgan fingerprint density at radius 2 is 1.89 bits per heavy atom. The van der Waals surface area contributed by atoms with Crippen LogP contribution in [0.1, 0.15) is 21.5 Å². The van der Waals surface area contributed by atoms with Gasteiger partial charge in [-0.2, -0.15) is 0 Å². The number of amides is 1. The van der Waals surface area contributed by atoms with E-state index in [0.717, 1.165) is 5.56 Å². The minimum atomic E-state index is -1.22. The van der Waals surface area contributed by atoms with Crippen LogP contribution in [0.5, 0.6) is 0 Å². The molecule has 6 heteroatoms. The van der Waals surface area contributed by atoms with Crippen LogP contribution in [0.15, 0.2) is 12.1 Å². The zero-order valence-electron chi connectivity index (χ0n) is 10.6. The van der Waals surface area contributed by atoms with Crippen LogP contribution >= 0.6 is 0 Å². The van der Waals surface area contributed by atoms with Crippen LogP contribution in [0.25, 0.3) is 0 Å². The van der Waals surface area contributed by atoms with Crippen molar-refractivity contribution in [2.24, 2.45) is 5.73 Å². The van der Waals surface area contributed by atoms with Crippen molar-refractivity contribution < 1.29 is 19.5 Å². The molecule has 1 atom stereocenters. The van der Waals surface area contributed by atoms with Crippen molar-refractivity contribution in [3.8, 4) is 0 Å². The number of carbonyl (C=O) groups excluding carboxylic acids is 2. The van der Waals surface area contributed by atoms with Gasteiger partial charge in [-0.15, -0.1) is 0 Å². The molecule has 3 N–H and O–H groups in total. The molecular formula is C13H14N2O4. The molecular weight excluding hydrogens is 248 g/mol. The van der Waals surface area contributed by atoms with Crippen molar-refractivity contribution in [3.63, 3.8) is 0 Å². The lowest BCUT2D eigenvalue weighted by molar-refractivity contribution is -0.138. The minimum absolute atomic E-state index is 0.211. The number of nitrogens with two attached hydrogens (primary N) is 1. The monoisotopic (exact) mass is 262 g/mol. The van der Waals surface area contributed by atoms with Crippen LogP contribution in [0.4, 0.5) is 5.69 Å². The maximum Gasteiger partial charge on any atom is 0.322 e. The number of Topliss-reactive ketones (excluding diaryl/α,β-unsaturated/α-hetero) is 1. The molecule has 1 aromatic rings. The third-order valence-electron chi connectivity index (χ3n) is 3.22. The largest absolute Gasteiger partial charge is 0.480 e. The van der Waals surface area contributed by atoms with Crippen LogP contribution in [-0.4, -0.2) is 35.4 Å². The predicted molar refractivity (Wildman–Crippen MR) is 68.2 cm³/mol. The number of hydrogen-bond acceptors (Lipinski definition) is 4. The van der Waals surface area contributed by atoms with E-state index in [-0.39, 0.29) is 6.54 Å². The average Bonchev–Trinajstić information content (AvgIpc) is 2.60. The number of nitrogens with zero attached hydrogens (tertiary/aromatic N) is 1. The zero-order valence-corrected chi connectivity index (χ0v) is 10.6. The van der Waals surface area contributed by atoms with Crippen LogP contribution in [0.3, 0.4) is 0 Å². The smallest absolute Gasteiger partial charge is 0.322 e. The van der Waals surface area contributed by atoms with Crippen LogP contribution < -0.4 is 10.6 Å². The fraction of sp³-hybridized carbons (Fsp3) is 0.308. The number of aliphatic carboxylic acids is 1. The van der Waals surface area contributed by atoms with Crippen molar-refractivity contribution in [3.05, 3.63) is 28.8 Å². The van der Waals surface area contributed by atoms with Gasteiger partial charge in [0.1, 0.15) is 6.04 Å². The fourth-order valence-corrected chi connectivity index (χ4v) is 2.21. The number of carbonyl (C=O) groups is 3. The van der Waals surface area contributed by atoms with Crippen LogP contribution in [-0.2, 0) is 9.59 Å². The summed E-state index contributed by atoms with van der Waals surface area (Å²) in [5.41, 5.74) is 7.72. The first-order chi connectivity index (χ1) is 8.84. The molecule has 0 bridgehead atoms. The summed E-state index contributed by atoms with van der Waals surface area (Å²) in [5.74, 6) is -2.53. The third-order valence-corrected chi connectivity index (χ3v) is 3.22. The highest BCUT2D eigenvalue weighted by atomic mass is 16.4.